The number of para-hydroxylation sites is 1. The van der Waals surface area contributed by atoms with Crippen molar-refractivity contribution in [2.45, 2.75) is 12.0 Å². The Morgan fingerprint density at radius 2 is 1.51 bits per heavy atom. The lowest BCUT2D eigenvalue weighted by molar-refractivity contribution is -0.141. The summed E-state index contributed by atoms with van der Waals surface area (Å²) in [5, 5.41) is 3.11. The molecule has 0 aromatic heterocycles. The molecule has 0 bridgehead atoms. The predicted octanol–water partition coefficient (Wildman–Crippen LogP) is 5.24. The van der Waals surface area contributed by atoms with Crippen LogP contribution in [0.1, 0.15) is 44.6 Å². The van der Waals surface area contributed by atoms with Crippen molar-refractivity contribution >= 4 is 23.7 Å². The zero-order chi connectivity index (χ0) is 36.8. The highest BCUT2D eigenvalue weighted by Crippen LogP contribution is 2.55. The molecule has 8 rings (SSSR count). The van der Waals surface area contributed by atoms with Crippen molar-refractivity contribution in [1.29, 1.82) is 0 Å². The molecule has 4 aromatic carbocycles. The van der Waals surface area contributed by atoms with Gasteiger partial charge in [-0.25, -0.2) is 0 Å². The van der Waals surface area contributed by atoms with E-state index in [1.165, 1.54) is 28.4 Å². The van der Waals surface area contributed by atoms with Crippen molar-refractivity contribution in [2.75, 3.05) is 48.4 Å². The van der Waals surface area contributed by atoms with Gasteiger partial charge in [0.05, 0.1) is 52.6 Å². The zero-order valence-corrected chi connectivity index (χ0v) is 29.3. The van der Waals surface area contributed by atoms with E-state index in [1.807, 2.05) is 24.3 Å². The molecule has 0 spiro atoms. The molecule has 4 aliphatic rings. The number of fused-ring (bicyclic) bond motifs is 4. The largest absolute Gasteiger partial charge is 0.493 e. The van der Waals surface area contributed by atoms with Gasteiger partial charge < -0.3 is 47.9 Å². The van der Waals surface area contributed by atoms with Crippen molar-refractivity contribution in [2.24, 2.45) is 11.8 Å². The van der Waals surface area contributed by atoms with Crippen LogP contribution in [0.25, 0.3) is 6.08 Å². The molecule has 272 valence electrons. The fourth-order valence-electron chi connectivity index (χ4n) is 7.57. The summed E-state index contributed by atoms with van der Waals surface area (Å²) in [4.78, 5) is 40.2. The second-order valence-corrected chi connectivity index (χ2v) is 12.8. The van der Waals surface area contributed by atoms with E-state index in [9.17, 15) is 14.4 Å². The fourth-order valence-corrected chi connectivity index (χ4v) is 7.57. The zero-order valence-electron chi connectivity index (χ0n) is 29.3. The Morgan fingerprint density at radius 3 is 2.21 bits per heavy atom. The van der Waals surface area contributed by atoms with E-state index < -0.39 is 35.7 Å². The van der Waals surface area contributed by atoms with Gasteiger partial charge >= 0.3 is 5.97 Å². The molecular weight excluding hydrogens is 686 g/mol. The first-order valence-electron chi connectivity index (χ1n) is 16.8. The Kier molecular flexibility index (Phi) is 8.69. The molecule has 1 aliphatic carbocycles. The van der Waals surface area contributed by atoms with E-state index in [-0.39, 0.29) is 37.3 Å². The summed E-state index contributed by atoms with van der Waals surface area (Å²) < 4.78 is 51.3. The number of carbonyl (C=O) groups excluding carboxylic acids is 3. The summed E-state index contributed by atoms with van der Waals surface area (Å²) in [6.45, 7) is -0.257. The normalized spacial score (nSPS) is 21.2. The van der Waals surface area contributed by atoms with Crippen molar-refractivity contribution in [3.8, 4) is 46.0 Å². The van der Waals surface area contributed by atoms with E-state index in [2.05, 4.69) is 5.32 Å². The minimum Gasteiger partial charge on any atom is -0.493 e. The van der Waals surface area contributed by atoms with Gasteiger partial charge in [-0.2, -0.15) is 0 Å². The van der Waals surface area contributed by atoms with Gasteiger partial charge in [0.2, 0.25) is 18.3 Å². The Morgan fingerprint density at radius 1 is 0.792 bits per heavy atom. The van der Waals surface area contributed by atoms with Crippen LogP contribution in [-0.2, 0) is 14.3 Å². The third-order valence-electron chi connectivity index (χ3n) is 9.97. The summed E-state index contributed by atoms with van der Waals surface area (Å²) >= 11 is 0. The van der Waals surface area contributed by atoms with E-state index >= 15 is 0 Å². The Bertz CT molecular complexity index is 2150. The summed E-state index contributed by atoms with van der Waals surface area (Å²) in [7, 11) is 6.07. The highest BCUT2D eigenvalue weighted by molar-refractivity contribution is 6.14. The number of esters is 1. The van der Waals surface area contributed by atoms with Gasteiger partial charge in [-0.1, -0.05) is 18.2 Å². The Labute approximate surface area is 304 Å². The molecule has 1 saturated heterocycles. The first-order chi connectivity index (χ1) is 25.8. The lowest BCUT2D eigenvalue weighted by Gasteiger charge is -2.39. The van der Waals surface area contributed by atoms with E-state index in [4.69, 9.17) is 42.6 Å². The number of benzene rings is 4. The number of carbonyl (C=O) groups is 3. The summed E-state index contributed by atoms with van der Waals surface area (Å²) in [6, 6.07) is 18.8. The number of hydrogen-bond donors (Lipinski definition) is 1. The number of hydrogen-bond acceptors (Lipinski definition) is 12. The van der Waals surface area contributed by atoms with Gasteiger partial charge in [-0.3, -0.25) is 14.4 Å². The van der Waals surface area contributed by atoms with Gasteiger partial charge in [-0.15, -0.1) is 0 Å². The van der Waals surface area contributed by atoms with E-state index in [0.717, 1.165) is 16.7 Å². The van der Waals surface area contributed by atoms with Crippen molar-refractivity contribution in [1.82, 2.24) is 5.32 Å². The number of ether oxygens (including phenoxy) is 9. The highest BCUT2D eigenvalue weighted by atomic mass is 16.7. The number of amides is 1. The van der Waals surface area contributed by atoms with E-state index in [0.29, 0.717) is 51.4 Å². The van der Waals surface area contributed by atoms with Crippen LogP contribution in [-0.4, -0.2) is 66.1 Å². The van der Waals surface area contributed by atoms with Gasteiger partial charge in [0.15, 0.2) is 46.9 Å². The molecule has 0 saturated carbocycles. The third-order valence-corrected chi connectivity index (χ3v) is 9.97. The standard InChI is InChI=1S/C40H35NO12/c1-45-27-10-9-20(12-31-38(43)22-7-5-6-8-26(22)53-31)11-28(27)49-18-34(42)41-37-24-16-30-29(51-19-52-30)15-23(24)35(36-25(37)17-50-40(36)44)21-13-32(46-2)39(48-4)33(14-21)47-3/h5-16,25,35-37H,17-19H2,1-4H3,(H,41,42)/b31-12-/t25-,35+,36-,37+/m0/s1. The number of rotatable bonds is 10. The van der Waals surface area contributed by atoms with Crippen LogP contribution < -0.4 is 43.2 Å². The lowest BCUT2D eigenvalue weighted by Crippen LogP contribution is -2.44. The minimum absolute atomic E-state index is 0.0393. The second kappa shape index (κ2) is 13.6. The molecule has 1 N–H and O–H groups in total. The molecule has 3 heterocycles. The lowest BCUT2D eigenvalue weighted by atomic mass is 9.65. The maximum atomic E-state index is 13.7. The third kappa shape index (κ3) is 5.87. The van der Waals surface area contributed by atoms with Crippen LogP contribution in [0.4, 0.5) is 0 Å². The summed E-state index contributed by atoms with van der Waals surface area (Å²) in [6.07, 6.45) is 1.61. The maximum absolute atomic E-state index is 13.7. The van der Waals surface area contributed by atoms with E-state index in [1.54, 1.807) is 48.5 Å². The Hall–Kier alpha value is -6.37. The molecular formula is C40H35NO12. The maximum Gasteiger partial charge on any atom is 0.310 e. The van der Waals surface area contributed by atoms with Gasteiger partial charge in [0.25, 0.3) is 5.91 Å². The SMILES string of the molecule is COc1ccc(/C=C2\Oc3ccccc3C2=O)cc1OCC(=O)N[C@@H]1c2cc3c(cc2[C@@H](c2cc(OC)c(OC)c(OC)c2)[C@H]2C(=O)OC[C@@H]21)OCO3. The molecule has 53 heavy (non-hydrogen) atoms. The molecule has 4 atom stereocenters. The molecule has 0 unspecified atom stereocenters. The van der Waals surface area contributed by atoms with Gasteiger partial charge in [-0.05, 0) is 76.9 Å². The number of nitrogens with one attached hydrogen (secondary N) is 1. The van der Waals surface area contributed by atoms with Gasteiger partial charge in [0, 0.05) is 11.8 Å². The average Bonchev–Trinajstić information content (AvgIpc) is 3.89. The smallest absolute Gasteiger partial charge is 0.310 e. The molecule has 3 aliphatic heterocycles. The van der Waals surface area contributed by atoms with Crippen LogP contribution in [0.2, 0.25) is 0 Å². The molecule has 13 nitrogen and oxygen atoms in total. The Balaban J connectivity index is 1.09. The first kappa shape index (κ1) is 33.8. The highest BCUT2D eigenvalue weighted by Gasteiger charge is 2.53. The number of cyclic esters (lactones) is 1. The van der Waals surface area contributed by atoms with Crippen molar-refractivity contribution in [3.05, 3.63) is 100 Å². The van der Waals surface area contributed by atoms with Crippen LogP contribution in [0.5, 0.6) is 46.0 Å². The molecule has 0 radical (unpaired) electrons. The molecule has 1 amide bonds. The molecule has 4 aromatic rings. The average molecular weight is 722 g/mol. The quantitative estimate of drug-likeness (QED) is 0.169. The summed E-state index contributed by atoms with van der Waals surface area (Å²) in [5.41, 5.74) is 3.33. The monoisotopic (exact) mass is 721 g/mol. The first-order valence-corrected chi connectivity index (χ1v) is 16.8. The van der Waals surface area contributed by atoms with Crippen LogP contribution in [0.3, 0.4) is 0 Å². The van der Waals surface area contributed by atoms with Gasteiger partial charge in [0.1, 0.15) is 5.75 Å². The van der Waals surface area contributed by atoms with Crippen molar-refractivity contribution in [3.63, 3.8) is 0 Å². The molecule has 1 fully saturated rings. The number of allylic oxidation sites excluding steroid dienone is 1. The van der Waals surface area contributed by atoms with Crippen molar-refractivity contribution < 1.29 is 57.0 Å². The number of Topliss-reactive ketones (excluding diaryl/α,β-unsaturated/α-hetero) is 1. The van der Waals surface area contributed by atoms with Crippen LogP contribution in [0.15, 0.2) is 72.5 Å². The number of methoxy groups -OCH3 is 4. The predicted molar refractivity (Wildman–Crippen MR) is 187 cm³/mol. The van der Waals surface area contributed by atoms with Crippen LogP contribution >= 0.6 is 0 Å². The number of ketones is 1. The fraction of sp³-hybridized carbons (Fsp3) is 0.275. The topological polar surface area (TPSA) is 146 Å². The van der Waals surface area contributed by atoms with Crippen LogP contribution in [0, 0.1) is 11.8 Å². The second-order valence-electron chi connectivity index (χ2n) is 12.8. The molecule has 13 heteroatoms. The minimum atomic E-state index is -0.673. The summed E-state index contributed by atoms with van der Waals surface area (Å²) in [5.74, 6) is 0.971.